The maximum Gasteiger partial charge on any atom is 0.374 e. The van der Waals surface area contributed by atoms with E-state index in [-0.39, 0.29) is 5.78 Å². The summed E-state index contributed by atoms with van der Waals surface area (Å²) < 4.78 is 5.11. The van der Waals surface area contributed by atoms with E-state index in [0.29, 0.717) is 13.0 Å². The number of rotatable bonds is 23. The van der Waals surface area contributed by atoms with Crippen LogP contribution < -0.4 is 0 Å². The topological polar surface area (TPSA) is 43.4 Å². The first-order valence-electron chi connectivity index (χ1n) is 13.3. The van der Waals surface area contributed by atoms with Crippen LogP contribution in [-0.4, -0.2) is 18.4 Å². The molecule has 0 bridgehead atoms. The van der Waals surface area contributed by atoms with Gasteiger partial charge in [0.2, 0.25) is 5.78 Å². The molecule has 0 saturated carbocycles. The second-order valence-electron chi connectivity index (χ2n) is 9.50. The molecule has 0 aromatic carbocycles. The van der Waals surface area contributed by atoms with Gasteiger partial charge in [-0.3, -0.25) is 4.79 Å². The van der Waals surface area contributed by atoms with Gasteiger partial charge in [0.15, 0.2) is 0 Å². The molecule has 0 aliphatic carbocycles. The van der Waals surface area contributed by atoms with E-state index in [4.69, 9.17) is 4.74 Å². The smallest absolute Gasteiger partial charge is 0.374 e. The minimum Gasteiger partial charge on any atom is -0.460 e. The Morgan fingerprint density at radius 1 is 0.600 bits per heavy atom. The Labute approximate surface area is 188 Å². The molecule has 0 unspecified atom stereocenters. The van der Waals surface area contributed by atoms with Crippen molar-refractivity contribution in [2.24, 2.45) is 5.92 Å². The number of unbranched alkanes of at least 4 members (excludes halogenated alkanes) is 16. The maximum absolute atomic E-state index is 11.8. The predicted molar refractivity (Wildman–Crippen MR) is 129 cm³/mol. The first kappa shape index (κ1) is 29.1. The zero-order chi connectivity index (χ0) is 22.3. The SMILES string of the molecule is CCCCCCCCCCCCCCCCC(=O)C(=O)OCCCCCCC(C)C. The molecule has 0 amide bonds. The Kier molecular flexibility index (Phi) is 22.2. The normalized spacial score (nSPS) is 11.2. The molecule has 30 heavy (non-hydrogen) atoms. The molecule has 0 heterocycles. The second kappa shape index (κ2) is 22.8. The number of ether oxygens (including phenoxy) is 1. The number of Topliss-reactive ketones (excluding diaryl/α,β-unsaturated/α-hetero) is 1. The van der Waals surface area contributed by atoms with Crippen LogP contribution >= 0.6 is 0 Å². The third-order valence-corrected chi connectivity index (χ3v) is 5.89. The second-order valence-corrected chi connectivity index (χ2v) is 9.50. The van der Waals surface area contributed by atoms with Crippen molar-refractivity contribution in [1.82, 2.24) is 0 Å². The average Bonchev–Trinajstić information content (AvgIpc) is 2.72. The van der Waals surface area contributed by atoms with E-state index in [1.165, 1.54) is 96.3 Å². The molecule has 0 rings (SSSR count). The fourth-order valence-corrected chi connectivity index (χ4v) is 3.84. The molecule has 3 heteroatoms. The summed E-state index contributed by atoms with van der Waals surface area (Å²) in [4.78, 5) is 23.5. The van der Waals surface area contributed by atoms with Gasteiger partial charge in [0.05, 0.1) is 6.61 Å². The Morgan fingerprint density at radius 2 is 1.03 bits per heavy atom. The van der Waals surface area contributed by atoms with Crippen molar-refractivity contribution >= 4 is 11.8 Å². The van der Waals surface area contributed by atoms with E-state index in [9.17, 15) is 9.59 Å². The Balaban J connectivity index is 3.31. The van der Waals surface area contributed by atoms with Gasteiger partial charge in [-0.25, -0.2) is 4.79 Å². The Hall–Kier alpha value is -0.860. The van der Waals surface area contributed by atoms with Crippen LogP contribution in [0.5, 0.6) is 0 Å². The van der Waals surface area contributed by atoms with Gasteiger partial charge < -0.3 is 4.74 Å². The van der Waals surface area contributed by atoms with Crippen molar-refractivity contribution in [3.63, 3.8) is 0 Å². The summed E-state index contributed by atoms with van der Waals surface area (Å²) in [5.74, 6) is -0.198. The number of carbonyl (C=O) groups is 2. The summed E-state index contributed by atoms with van der Waals surface area (Å²) in [6, 6.07) is 0. The van der Waals surface area contributed by atoms with Gasteiger partial charge in [-0.05, 0) is 18.8 Å². The van der Waals surface area contributed by atoms with E-state index in [1.54, 1.807) is 0 Å². The fraction of sp³-hybridized carbons (Fsp3) is 0.926. The summed E-state index contributed by atoms with van der Waals surface area (Å²) in [6.07, 6.45) is 24.1. The van der Waals surface area contributed by atoms with Crippen LogP contribution in [-0.2, 0) is 14.3 Å². The molecule has 0 aromatic rings. The van der Waals surface area contributed by atoms with Crippen LogP contribution in [0.4, 0.5) is 0 Å². The highest BCUT2D eigenvalue weighted by molar-refractivity contribution is 6.33. The largest absolute Gasteiger partial charge is 0.460 e. The highest BCUT2D eigenvalue weighted by Gasteiger charge is 2.14. The number of ketones is 1. The molecule has 0 aliphatic rings. The lowest BCUT2D eigenvalue weighted by Gasteiger charge is -2.06. The standard InChI is InChI=1S/C27H52O3/c1-4-5-6-7-8-9-10-11-12-13-14-15-16-20-23-26(28)27(29)30-24-21-18-17-19-22-25(2)3/h25H,4-24H2,1-3H3. The van der Waals surface area contributed by atoms with Crippen LogP contribution in [0.15, 0.2) is 0 Å². The first-order chi connectivity index (χ1) is 14.6. The van der Waals surface area contributed by atoms with Gasteiger partial charge >= 0.3 is 5.97 Å². The lowest BCUT2D eigenvalue weighted by molar-refractivity contribution is -0.154. The molecule has 0 aliphatic heterocycles. The van der Waals surface area contributed by atoms with Gasteiger partial charge in [-0.1, -0.05) is 130 Å². The molecule has 0 saturated heterocycles. The Morgan fingerprint density at radius 3 is 1.53 bits per heavy atom. The number of hydrogen-bond donors (Lipinski definition) is 0. The van der Waals surface area contributed by atoms with Crippen molar-refractivity contribution in [3.8, 4) is 0 Å². The van der Waals surface area contributed by atoms with E-state index in [0.717, 1.165) is 31.6 Å². The van der Waals surface area contributed by atoms with Gasteiger partial charge in [-0.15, -0.1) is 0 Å². The maximum atomic E-state index is 11.8. The van der Waals surface area contributed by atoms with Crippen molar-refractivity contribution in [3.05, 3.63) is 0 Å². The van der Waals surface area contributed by atoms with Crippen LogP contribution in [0, 0.1) is 5.92 Å². The minimum absolute atomic E-state index is 0.339. The molecule has 0 radical (unpaired) electrons. The lowest BCUT2D eigenvalue weighted by Crippen LogP contribution is -2.17. The summed E-state index contributed by atoms with van der Waals surface area (Å²) in [5.41, 5.74) is 0. The highest BCUT2D eigenvalue weighted by Crippen LogP contribution is 2.14. The molecular formula is C27H52O3. The molecule has 0 aromatic heterocycles. The number of carbonyl (C=O) groups excluding carboxylic acids is 2. The average molecular weight is 425 g/mol. The zero-order valence-corrected chi connectivity index (χ0v) is 20.7. The van der Waals surface area contributed by atoms with Gasteiger partial charge in [0, 0.05) is 6.42 Å². The molecule has 178 valence electrons. The number of hydrogen-bond acceptors (Lipinski definition) is 3. The van der Waals surface area contributed by atoms with Crippen LogP contribution in [0.2, 0.25) is 0 Å². The molecular weight excluding hydrogens is 372 g/mol. The van der Waals surface area contributed by atoms with E-state index >= 15 is 0 Å². The lowest BCUT2D eigenvalue weighted by atomic mass is 10.0. The predicted octanol–water partition coefficient (Wildman–Crippen LogP) is 8.58. The third kappa shape index (κ3) is 21.8. The van der Waals surface area contributed by atoms with Crippen LogP contribution in [0.3, 0.4) is 0 Å². The van der Waals surface area contributed by atoms with Gasteiger partial charge in [0.25, 0.3) is 0 Å². The van der Waals surface area contributed by atoms with Crippen molar-refractivity contribution in [1.29, 1.82) is 0 Å². The molecule has 0 atom stereocenters. The van der Waals surface area contributed by atoms with Crippen LogP contribution in [0.25, 0.3) is 0 Å². The van der Waals surface area contributed by atoms with Crippen molar-refractivity contribution in [2.45, 2.75) is 149 Å². The van der Waals surface area contributed by atoms with Crippen molar-refractivity contribution in [2.75, 3.05) is 6.61 Å². The summed E-state index contributed by atoms with van der Waals surface area (Å²) >= 11 is 0. The molecule has 0 spiro atoms. The summed E-state index contributed by atoms with van der Waals surface area (Å²) in [7, 11) is 0. The van der Waals surface area contributed by atoms with Crippen LogP contribution in [0.1, 0.15) is 149 Å². The molecule has 0 N–H and O–H groups in total. The number of esters is 1. The molecule has 0 fully saturated rings. The van der Waals surface area contributed by atoms with E-state index in [1.807, 2.05) is 0 Å². The molecule has 3 nitrogen and oxygen atoms in total. The summed E-state index contributed by atoms with van der Waals surface area (Å²) in [5, 5.41) is 0. The third-order valence-electron chi connectivity index (χ3n) is 5.89. The van der Waals surface area contributed by atoms with Gasteiger partial charge in [-0.2, -0.15) is 0 Å². The quantitative estimate of drug-likeness (QED) is 0.0937. The van der Waals surface area contributed by atoms with E-state index in [2.05, 4.69) is 20.8 Å². The Bertz CT molecular complexity index is 390. The summed E-state index contributed by atoms with van der Waals surface area (Å²) in [6.45, 7) is 7.14. The monoisotopic (exact) mass is 424 g/mol. The minimum atomic E-state index is -0.619. The van der Waals surface area contributed by atoms with E-state index < -0.39 is 5.97 Å². The fourth-order valence-electron chi connectivity index (χ4n) is 3.84. The zero-order valence-electron chi connectivity index (χ0n) is 20.7. The first-order valence-corrected chi connectivity index (χ1v) is 13.3. The highest BCUT2D eigenvalue weighted by atomic mass is 16.5. The van der Waals surface area contributed by atoms with Crippen molar-refractivity contribution < 1.29 is 14.3 Å². The van der Waals surface area contributed by atoms with Gasteiger partial charge in [0.1, 0.15) is 0 Å².